The van der Waals surface area contributed by atoms with E-state index in [2.05, 4.69) is 10.4 Å². The number of rotatable bonds is 4. The number of hydrogen-bond acceptors (Lipinski definition) is 4. The first-order valence-corrected chi connectivity index (χ1v) is 7.63. The molecule has 1 aliphatic carbocycles. The van der Waals surface area contributed by atoms with Crippen LogP contribution in [0.2, 0.25) is 0 Å². The van der Waals surface area contributed by atoms with Crippen LogP contribution in [-0.2, 0) is 6.54 Å². The average molecular weight is 293 g/mol. The maximum absolute atomic E-state index is 12.1. The first-order chi connectivity index (χ1) is 10.0. The lowest BCUT2D eigenvalue weighted by Crippen LogP contribution is -2.43. The summed E-state index contributed by atoms with van der Waals surface area (Å²) < 4.78 is 1.25. The third-order valence-corrected chi connectivity index (χ3v) is 4.01. The van der Waals surface area contributed by atoms with E-state index in [4.69, 9.17) is 0 Å². The highest BCUT2D eigenvalue weighted by atomic mass is 16.3. The van der Waals surface area contributed by atoms with Crippen molar-refractivity contribution in [2.45, 2.75) is 57.6 Å². The van der Waals surface area contributed by atoms with Gasteiger partial charge in [-0.3, -0.25) is 9.59 Å². The first kappa shape index (κ1) is 15.7. The molecule has 1 aromatic rings. The zero-order chi connectivity index (χ0) is 15.3. The topological polar surface area (TPSA) is 84.2 Å². The first-order valence-electron chi connectivity index (χ1n) is 7.63. The summed E-state index contributed by atoms with van der Waals surface area (Å²) >= 11 is 0. The summed E-state index contributed by atoms with van der Waals surface area (Å²) in [5.41, 5.74) is -0.837. The number of amides is 1. The van der Waals surface area contributed by atoms with Gasteiger partial charge >= 0.3 is 0 Å². The Labute approximate surface area is 124 Å². The molecule has 2 rings (SSSR count). The second-order valence-corrected chi connectivity index (χ2v) is 5.69. The van der Waals surface area contributed by atoms with E-state index in [1.165, 1.54) is 16.8 Å². The molecule has 1 amide bonds. The number of nitrogens with zero attached hydrogens (tertiary/aromatic N) is 2. The van der Waals surface area contributed by atoms with Crippen LogP contribution in [0.3, 0.4) is 0 Å². The van der Waals surface area contributed by atoms with E-state index in [1.54, 1.807) is 6.92 Å². The van der Waals surface area contributed by atoms with Crippen LogP contribution in [0.25, 0.3) is 0 Å². The molecule has 0 radical (unpaired) electrons. The highest BCUT2D eigenvalue weighted by molar-refractivity contribution is 5.92. The zero-order valence-corrected chi connectivity index (χ0v) is 12.5. The Morgan fingerprint density at radius 2 is 2.00 bits per heavy atom. The predicted molar refractivity (Wildman–Crippen MR) is 79.2 cm³/mol. The SMILES string of the molecule is CCn1nc(C(=O)NCC2(O)CCCCCC2)ccc1=O. The van der Waals surface area contributed by atoms with Gasteiger partial charge in [-0.1, -0.05) is 25.7 Å². The number of carbonyl (C=O) groups is 1. The van der Waals surface area contributed by atoms with Crippen molar-refractivity contribution >= 4 is 5.91 Å². The Bertz CT molecular complexity index is 545. The van der Waals surface area contributed by atoms with Crippen molar-refractivity contribution < 1.29 is 9.90 Å². The van der Waals surface area contributed by atoms with Crippen molar-refractivity contribution in [2.24, 2.45) is 0 Å². The zero-order valence-electron chi connectivity index (χ0n) is 12.5. The van der Waals surface area contributed by atoms with Gasteiger partial charge in [0.2, 0.25) is 0 Å². The Hall–Kier alpha value is -1.69. The minimum atomic E-state index is -0.814. The summed E-state index contributed by atoms with van der Waals surface area (Å²) in [5, 5.41) is 17.2. The third kappa shape index (κ3) is 4.14. The van der Waals surface area contributed by atoms with Crippen LogP contribution >= 0.6 is 0 Å². The van der Waals surface area contributed by atoms with E-state index in [0.717, 1.165) is 38.5 Å². The van der Waals surface area contributed by atoms with Crippen molar-refractivity contribution in [2.75, 3.05) is 6.54 Å². The van der Waals surface area contributed by atoms with E-state index in [9.17, 15) is 14.7 Å². The molecular weight excluding hydrogens is 270 g/mol. The van der Waals surface area contributed by atoms with Crippen molar-refractivity contribution in [1.29, 1.82) is 0 Å². The standard InChI is InChI=1S/C15H23N3O3/c1-2-18-13(19)8-7-12(17-18)14(20)16-11-15(21)9-5-3-4-6-10-15/h7-8,21H,2-6,9-11H2,1H3,(H,16,20). The molecule has 0 spiro atoms. The predicted octanol–water partition coefficient (Wildman–Crippen LogP) is 1.08. The van der Waals surface area contributed by atoms with Gasteiger partial charge in [-0.15, -0.1) is 0 Å². The number of aromatic nitrogens is 2. The smallest absolute Gasteiger partial charge is 0.271 e. The lowest BCUT2D eigenvalue weighted by atomic mass is 9.94. The van der Waals surface area contributed by atoms with Gasteiger partial charge in [0.15, 0.2) is 0 Å². The third-order valence-electron chi connectivity index (χ3n) is 4.01. The Morgan fingerprint density at radius 1 is 1.33 bits per heavy atom. The van der Waals surface area contributed by atoms with E-state index in [-0.39, 0.29) is 23.7 Å². The lowest BCUT2D eigenvalue weighted by Gasteiger charge is -2.26. The number of nitrogens with one attached hydrogen (secondary N) is 1. The van der Waals surface area contributed by atoms with Gasteiger partial charge in [0, 0.05) is 19.2 Å². The van der Waals surface area contributed by atoms with Gasteiger partial charge in [-0.05, 0) is 25.8 Å². The van der Waals surface area contributed by atoms with Crippen molar-refractivity contribution in [3.8, 4) is 0 Å². The van der Waals surface area contributed by atoms with E-state index >= 15 is 0 Å². The fourth-order valence-corrected chi connectivity index (χ4v) is 2.70. The fraction of sp³-hybridized carbons (Fsp3) is 0.667. The molecule has 0 atom stereocenters. The Balaban J connectivity index is 1.99. The summed E-state index contributed by atoms with van der Waals surface area (Å²) in [4.78, 5) is 23.5. The molecule has 1 aliphatic rings. The fourth-order valence-electron chi connectivity index (χ4n) is 2.70. The molecule has 116 valence electrons. The number of aliphatic hydroxyl groups is 1. The van der Waals surface area contributed by atoms with Crippen LogP contribution in [0, 0.1) is 0 Å². The van der Waals surface area contributed by atoms with Gasteiger partial charge in [-0.25, -0.2) is 4.68 Å². The number of aryl methyl sites for hydroxylation is 1. The molecule has 0 bridgehead atoms. The normalized spacial score (nSPS) is 18.0. The summed E-state index contributed by atoms with van der Waals surface area (Å²) in [6.07, 6.45) is 5.69. The molecule has 6 nitrogen and oxygen atoms in total. The minimum Gasteiger partial charge on any atom is -0.388 e. The van der Waals surface area contributed by atoms with E-state index < -0.39 is 5.60 Å². The molecule has 21 heavy (non-hydrogen) atoms. The minimum absolute atomic E-state index is 0.202. The lowest BCUT2D eigenvalue weighted by molar-refractivity contribution is 0.0245. The van der Waals surface area contributed by atoms with Gasteiger partial charge < -0.3 is 10.4 Å². The summed E-state index contributed by atoms with van der Waals surface area (Å²) in [6, 6.07) is 2.76. The molecule has 1 aromatic heterocycles. The van der Waals surface area contributed by atoms with Crippen molar-refractivity contribution in [3.63, 3.8) is 0 Å². The largest absolute Gasteiger partial charge is 0.388 e. The second kappa shape index (κ2) is 6.85. The average Bonchev–Trinajstić information content (AvgIpc) is 2.70. The highest BCUT2D eigenvalue weighted by Crippen LogP contribution is 2.26. The molecule has 1 heterocycles. The van der Waals surface area contributed by atoms with Gasteiger partial charge in [0.25, 0.3) is 11.5 Å². The van der Waals surface area contributed by atoms with Crippen LogP contribution in [0.1, 0.15) is 55.9 Å². The molecule has 6 heteroatoms. The quantitative estimate of drug-likeness (QED) is 0.814. The van der Waals surface area contributed by atoms with Crippen LogP contribution < -0.4 is 10.9 Å². The highest BCUT2D eigenvalue weighted by Gasteiger charge is 2.28. The van der Waals surface area contributed by atoms with Gasteiger partial charge in [0.1, 0.15) is 5.69 Å². The summed E-state index contributed by atoms with van der Waals surface area (Å²) in [5.74, 6) is -0.352. The summed E-state index contributed by atoms with van der Waals surface area (Å²) in [7, 11) is 0. The van der Waals surface area contributed by atoms with E-state index in [0.29, 0.717) is 6.54 Å². The van der Waals surface area contributed by atoms with Crippen LogP contribution in [0.5, 0.6) is 0 Å². The van der Waals surface area contributed by atoms with E-state index in [1.807, 2.05) is 0 Å². The molecule has 1 saturated carbocycles. The maximum atomic E-state index is 12.1. The molecule has 1 fully saturated rings. The molecule has 0 saturated heterocycles. The maximum Gasteiger partial charge on any atom is 0.271 e. The van der Waals surface area contributed by atoms with Gasteiger partial charge in [-0.2, -0.15) is 5.10 Å². The number of hydrogen-bond donors (Lipinski definition) is 2. The molecule has 0 aliphatic heterocycles. The Morgan fingerprint density at radius 3 is 2.62 bits per heavy atom. The monoisotopic (exact) mass is 293 g/mol. The Kier molecular flexibility index (Phi) is 5.12. The van der Waals surface area contributed by atoms with Crippen molar-refractivity contribution in [1.82, 2.24) is 15.1 Å². The molecular formula is C15H23N3O3. The summed E-state index contributed by atoms with van der Waals surface area (Å²) in [6.45, 7) is 2.45. The number of carbonyl (C=O) groups excluding carboxylic acids is 1. The molecule has 2 N–H and O–H groups in total. The van der Waals surface area contributed by atoms with Crippen molar-refractivity contribution in [3.05, 3.63) is 28.2 Å². The second-order valence-electron chi connectivity index (χ2n) is 5.69. The molecule has 0 aromatic carbocycles. The van der Waals surface area contributed by atoms with Gasteiger partial charge in [0.05, 0.1) is 5.60 Å². The van der Waals surface area contributed by atoms with Crippen LogP contribution in [0.4, 0.5) is 0 Å². The van der Waals surface area contributed by atoms with Crippen LogP contribution in [-0.4, -0.2) is 32.9 Å². The van der Waals surface area contributed by atoms with Crippen LogP contribution in [0.15, 0.2) is 16.9 Å². The molecule has 0 unspecified atom stereocenters.